The molecular weight excluding hydrogens is 801 g/mol. The molecule has 7 rings (SSSR count). The molecule has 3 N–H and O–H groups in total. The van der Waals surface area contributed by atoms with Crippen LogP contribution in [0.15, 0.2) is 47.1 Å². The first kappa shape index (κ1) is 47.9. The molecule has 14 nitrogen and oxygen atoms in total. The summed E-state index contributed by atoms with van der Waals surface area (Å²) < 4.78 is 63.9. The number of hydrogen-bond donors (Lipinski definition) is 3. The lowest BCUT2D eigenvalue weighted by molar-refractivity contribution is -0.340. The van der Waals surface area contributed by atoms with Crippen LogP contribution >= 0.6 is 0 Å². The summed E-state index contributed by atoms with van der Waals surface area (Å²) in [5.74, 6) is -2.10. The van der Waals surface area contributed by atoms with Gasteiger partial charge >= 0.3 is 5.97 Å². The van der Waals surface area contributed by atoms with Crippen molar-refractivity contribution < 1.29 is 67.5 Å². The van der Waals surface area contributed by atoms with Crippen molar-refractivity contribution in [2.24, 2.45) is 23.7 Å². The molecule has 20 atom stereocenters. The molecule has 0 amide bonds. The summed E-state index contributed by atoms with van der Waals surface area (Å²) in [4.78, 5) is 14.4. The summed E-state index contributed by atoms with van der Waals surface area (Å²) >= 11 is 0. The van der Waals surface area contributed by atoms with E-state index in [9.17, 15) is 20.1 Å². The Morgan fingerprint density at radius 2 is 1.63 bits per heavy atom. The Labute approximate surface area is 368 Å². The predicted octanol–water partition coefficient (Wildman–Crippen LogP) is 5.60. The highest BCUT2D eigenvalue weighted by Crippen LogP contribution is 2.48. The van der Waals surface area contributed by atoms with Crippen LogP contribution in [0, 0.1) is 23.7 Å². The maximum atomic E-state index is 14.4. The number of allylic oxidation sites excluding steroid dienone is 2. The number of carbonyl (C=O) groups is 1. The number of rotatable bonds is 8. The highest BCUT2D eigenvalue weighted by atomic mass is 16.7. The molecule has 7 aliphatic rings. The van der Waals surface area contributed by atoms with E-state index in [2.05, 4.69) is 40.7 Å². The highest BCUT2D eigenvalue weighted by molar-refractivity contribution is 5.78. The van der Waals surface area contributed by atoms with E-state index in [4.69, 9.17) is 47.4 Å². The first-order valence-electron chi connectivity index (χ1n) is 23.2. The van der Waals surface area contributed by atoms with E-state index in [1.807, 2.05) is 19.1 Å². The molecule has 62 heavy (non-hydrogen) atoms. The number of esters is 1. The SMILES string of the molecule is CCC(C)[C@H]1O[C@]2(CC[C@@H]1C)C[C@@H]1C[C@@H](C/C=C(\C)[C@@H](O[C@H]3C[C@H](OC)[C@@H](O[C@H]4C[C@H](OC)[C@@H](O)[C@H](C)O4)[C@H](C)O3)[C@@H](C)/C=C/C=C3\CO[C@@H]4[C@H](O)C(C)=C[C@@H](C(=O)O1)[C@]34O)O2. The van der Waals surface area contributed by atoms with Crippen LogP contribution in [0.5, 0.6) is 0 Å². The van der Waals surface area contributed by atoms with Gasteiger partial charge in [0.2, 0.25) is 0 Å². The van der Waals surface area contributed by atoms with Gasteiger partial charge in [-0.05, 0) is 69.1 Å². The largest absolute Gasteiger partial charge is 0.462 e. The second-order valence-electron chi connectivity index (χ2n) is 19.4. The first-order valence-corrected chi connectivity index (χ1v) is 23.2. The molecule has 5 fully saturated rings. The number of methoxy groups -OCH3 is 2. The van der Waals surface area contributed by atoms with Crippen molar-refractivity contribution in [3.05, 3.63) is 47.1 Å². The number of fused-ring (bicyclic) bond motifs is 2. The lowest BCUT2D eigenvalue weighted by atomic mass is 9.71. The average Bonchev–Trinajstić information content (AvgIpc) is 3.58. The van der Waals surface area contributed by atoms with Gasteiger partial charge in [-0.1, -0.05) is 64.5 Å². The van der Waals surface area contributed by atoms with Gasteiger partial charge in [0.05, 0.1) is 49.3 Å². The standard InChI is InChI=1S/C48H74O14/c1-11-25(2)43-28(5)17-18-47(62-43)23-34-20-33(61-47)16-15-27(4)42(26(3)13-12-14-32-24-55-45-40(49)29(6)19-35(46(51)58-34)48(32,45)52)59-39-22-37(54-10)44(31(8)57-39)60-38-21-36(53-9)41(50)30(7)56-38/h12-15,19,25-26,28,30-31,33-45,49-50,52H,11,16-18,20-24H2,1-10H3/b13-12+,27-15+,32-14+/t25?,26-,28-,30-,31-,33+,34-,35-,36-,37-,38-,39-,40+,41-,42-,43+,44-,45+,47+,48+/m0/s1. The van der Waals surface area contributed by atoms with E-state index in [0.29, 0.717) is 61.5 Å². The third-order valence-corrected chi connectivity index (χ3v) is 14.9. The molecule has 1 unspecified atom stereocenters. The molecule has 0 aromatic rings. The Hall–Kier alpha value is -2.05. The van der Waals surface area contributed by atoms with E-state index in [0.717, 1.165) is 18.4 Å². The van der Waals surface area contributed by atoms with Gasteiger partial charge in [0.15, 0.2) is 18.4 Å². The fourth-order valence-electron chi connectivity index (χ4n) is 11.0. The van der Waals surface area contributed by atoms with E-state index in [-0.39, 0.29) is 30.8 Å². The van der Waals surface area contributed by atoms with E-state index >= 15 is 0 Å². The van der Waals surface area contributed by atoms with Crippen molar-refractivity contribution >= 4 is 5.97 Å². The molecule has 0 radical (unpaired) electrons. The third kappa shape index (κ3) is 9.73. The van der Waals surface area contributed by atoms with Crippen molar-refractivity contribution in [2.75, 3.05) is 20.8 Å². The summed E-state index contributed by atoms with van der Waals surface area (Å²) in [6, 6.07) is 0. The molecule has 1 aliphatic carbocycles. The molecule has 6 aliphatic heterocycles. The fraction of sp³-hybridized carbons (Fsp3) is 0.812. The van der Waals surface area contributed by atoms with Crippen LogP contribution in [0.3, 0.4) is 0 Å². The molecule has 2 bridgehead atoms. The molecule has 14 heteroatoms. The Kier molecular flexibility index (Phi) is 15.3. The van der Waals surface area contributed by atoms with Crippen molar-refractivity contribution in [1.82, 2.24) is 0 Å². The Morgan fingerprint density at radius 3 is 2.35 bits per heavy atom. The van der Waals surface area contributed by atoms with Gasteiger partial charge in [-0.3, -0.25) is 4.79 Å². The summed E-state index contributed by atoms with van der Waals surface area (Å²) in [6.45, 7) is 16.3. The lowest BCUT2D eigenvalue weighted by Crippen LogP contribution is -2.58. The summed E-state index contributed by atoms with van der Waals surface area (Å²) in [5, 5.41) is 34.2. The number of ether oxygens (including phenoxy) is 10. The molecule has 6 heterocycles. The van der Waals surface area contributed by atoms with Gasteiger partial charge in [0, 0.05) is 52.2 Å². The molecule has 5 saturated heterocycles. The zero-order valence-electron chi connectivity index (χ0n) is 38.5. The van der Waals surface area contributed by atoms with Crippen LogP contribution in [0.1, 0.15) is 107 Å². The molecule has 1 spiro atoms. The number of hydrogen-bond acceptors (Lipinski definition) is 14. The van der Waals surface area contributed by atoms with Crippen LogP contribution < -0.4 is 0 Å². The van der Waals surface area contributed by atoms with Gasteiger partial charge in [0.25, 0.3) is 0 Å². The lowest BCUT2D eigenvalue weighted by Gasteiger charge is -2.51. The minimum Gasteiger partial charge on any atom is -0.462 e. The molecule has 350 valence electrons. The second kappa shape index (κ2) is 19.8. The zero-order chi connectivity index (χ0) is 44.7. The normalized spacial score (nSPS) is 49.4. The van der Waals surface area contributed by atoms with Gasteiger partial charge in [-0.25, -0.2) is 0 Å². The van der Waals surface area contributed by atoms with Gasteiger partial charge in [-0.15, -0.1) is 0 Å². The zero-order valence-corrected chi connectivity index (χ0v) is 38.5. The van der Waals surface area contributed by atoms with Crippen molar-refractivity contribution in [3.8, 4) is 0 Å². The third-order valence-electron chi connectivity index (χ3n) is 14.9. The minimum atomic E-state index is -1.82. The number of aliphatic hydroxyl groups excluding tert-OH is 2. The average molecular weight is 875 g/mol. The van der Waals surface area contributed by atoms with Crippen LogP contribution in [0.25, 0.3) is 0 Å². The van der Waals surface area contributed by atoms with Crippen LogP contribution in [-0.4, -0.2) is 139 Å². The quantitative estimate of drug-likeness (QED) is 0.204. The summed E-state index contributed by atoms with van der Waals surface area (Å²) in [6.07, 6.45) is 6.53. The van der Waals surface area contributed by atoms with Gasteiger partial charge in [0.1, 0.15) is 42.0 Å². The van der Waals surface area contributed by atoms with Crippen molar-refractivity contribution in [3.63, 3.8) is 0 Å². The van der Waals surface area contributed by atoms with Gasteiger partial charge in [-0.2, -0.15) is 0 Å². The highest BCUT2D eigenvalue weighted by Gasteiger charge is 2.60. The first-order chi connectivity index (χ1) is 29.5. The van der Waals surface area contributed by atoms with Crippen LogP contribution in [0.2, 0.25) is 0 Å². The topological polar surface area (TPSA) is 170 Å². The van der Waals surface area contributed by atoms with Crippen LogP contribution in [0.4, 0.5) is 0 Å². The Morgan fingerprint density at radius 1 is 0.919 bits per heavy atom. The molecule has 0 saturated carbocycles. The molecular formula is C48H74O14. The second-order valence-corrected chi connectivity index (χ2v) is 19.4. The van der Waals surface area contributed by atoms with Gasteiger partial charge < -0.3 is 62.7 Å². The van der Waals surface area contributed by atoms with Crippen molar-refractivity contribution in [2.45, 2.75) is 204 Å². The van der Waals surface area contributed by atoms with E-state index < -0.39 is 90.8 Å². The van der Waals surface area contributed by atoms with E-state index in [1.54, 1.807) is 40.2 Å². The predicted molar refractivity (Wildman–Crippen MR) is 227 cm³/mol. The molecule has 0 aromatic carbocycles. The Bertz CT molecular complexity index is 1680. The maximum Gasteiger partial charge on any atom is 0.316 e. The van der Waals surface area contributed by atoms with Crippen LogP contribution in [-0.2, 0) is 52.2 Å². The summed E-state index contributed by atoms with van der Waals surface area (Å²) in [5.41, 5.74) is 0.188. The van der Waals surface area contributed by atoms with Crippen molar-refractivity contribution in [1.29, 1.82) is 0 Å². The smallest absolute Gasteiger partial charge is 0.316 e. The maximum absolute atomic E-state index is 14.4. The van der Waals surface area contributed by atoms with E-state index in [1.165, 1.54) is 0 Å². The number of aliphatic hydroxyl groups is 3. The number of carbonyl (C=O) groups excluding carboxylic acids is 1. The monoisotopic (exact) mass is 875 g/mol. The Balaban J connectivity index is 1.18. The summed E-state index contributed by atoms with van der Waals surface area (Å²) in [7, 11) is 3.23. The molecule has 0 aromatic heterocycles. The fourth-order valence-corrected chi connectivity index (χ4v) is 11.0. The minimum absolute atomic E-state index is 0.00708.